The van der Waals surface area contributed by atoms with Crippen LogP contribution >= 0.6 is 23.2 Å². The fourth-order valence-corrected chi connectivity index (χ4v) is 4.40. The lowest BCUT2D eigenvalue weighted by Gasteiger charge is -2.14. The number of amides is 1. The number of benzene rings is 4. The molecular formula is C29H22Cl2N2O2. The van der Waals surface area contributed by atoms with Gasteiger partial charge in [-0.2, -0.15) is 5.26 Å². The standard InChI is InChI=1S/C29H22Cl2N2O2/c1-19(21-8-3-2-4-9-21)33-29(34)24(17-32)14-20-15-26(30)28(27(31)16-20)35-18-23-12-7-11-22-10-5-6-13-25(22)23/h2-16,19H,18H2,1H3,(H,33,34)/b24-14-/t19-/m1/s1. The summed E-state index contributed by atoms with van der Waals surface area (Å²) in [5, 5.41) is 15.2. The number of nitriles is 1. The molecule has 4 rings (SSSR count). The average molecular weight is 501 g/mol. The Labute approximate surface area is 214 Å². The number of nitrogens with zero attached hydrogens (tertiary/aromatic N) is 1. The maximum absolute atomic E-state index is 12.7. The van der Waals surface area contributed by atoms with E-state index in [0.29, 0.717) is 28.0 Å². The molecule has 0 saturated heterocycles. The zero-order chi connectivity index (χ0) is 24.8. The molecule has 0 aliphatic rings. The Bertz CT molecular complexity index is 1410. The minimum absolute atomic E-state index is 0.0515. The van der Waals surface area contributed by atoms with E-state index in [4.69, 9.17) is 27.9 Å². The predicted molar refractivity (Wildman–Crippen MR) is 141 cm³/mol. The van der Waals surface area contributed by atoms with E-state index in [0.717, 1.165) is 21.9 Å². The highest BCUT2D eigenvalue weighted by Gasteiger charge is 2.15. The molecule has 0 unspecified atom stereocenters. The van der Waals surface area contributed by atoms with Gasteiger partial charge in [-0.25, -0.2) is 0 Å². The van der Waals surface area contributed by atoms with Crippen molar-refractivity contribution in [2.45, 2.75) is 19.6 Å². The van der Waals surface area contributed by atoms with E-state index in [1.165, 1.54) is 6.08 Å². The molecule has 35 heavy (non-hydrogen) atoms. The molecule has 0 spiro atoms. The number of nitrogens with one attached hydrogen (secondary N) is 1. The minimum Gasteiger partial charge on any atom is -0.486 e. The topological polar surface area (TPSA) is 62.1 Å². The smallest absolute Gasteiger partial charge is 0.262 e. The molecule has 1 atom stereocenters. The van der Waals surface area contributed by atoms with Crippen molar-refractivity contribution in [2.24, 2.45) is 0 Å². The summed E-state index contributed by atoms with van der Waals surface area (Å²) in [6.07, 6.45) is 1.46. The maximum Gasteiger partial charge on any atom is 0.262 e. The van der Waals surface area contributed by atoms with Gasteiger partial charge in [-0.15, -0.1) is 0 Å². The third kappa shape index (κ3) is 5.84. The Morgan fingerprint density at radius 2 is 1.66 bits per heavy atom. The summed E-state index contributed by atoms with van der Waals surface area (Å²) in [5.41, 5.74) is 2.42. The first-order chi connectivity index (χ1) is 17.0. The van der Waals surface area contributed by atoms with Gasteiger partial charge in [-0.3, -0.25) is 4.79 Å². The molecule has 0 aliphatic heterocycles. The summed E-state index contributed by atoms with van der Waals surface area (Å²) in [4.78, 5) is 12.7. The molecule has 0 aromatic heterocycles. The molecule has 1 N–H and O–H groups in total. The normalized spacial score (nSPS) is 12.1. The number of halogens is 2. The third-order valence-electron chi connectivity index (χ3n) is 5.60. The van der Waals surface area contributed by atoms with Gasteiger partial charge >= 0.3 is 0 Å². The number of hydrogen-bond donors (Lipinski definition) is 1. The average Bonchev–Trinajstić information content (AvgIpc) is 2.87. The third-order valence-corrected chi connectivity index (χ3v) is 6.16. The first kappa shape index (κ1) is 24.3. The van der Waals surface area contributed by atoms with Gasteiger partial charge in [0.1, 0.15) is 18.2 Å². The summed E-state index contributed by atoms with van der Waals surface area (Å²) in [7, 11) is 0. The van der Waals surface area contributed by atoms with Gasteiger partial charge in [-0.1, -0.05) is 96.0 Å². The van der Waals surface area contributed by atoms with E-state index in [9.17, 15) is 10.1 Å². The molecule has 4 aromatic rings. The van der Waals surface area contributed by atoms with Crippen molar-refractivity contribution in [3.8, 4) is 11.8 Å². The Balaban J connectivity index is 1.51. The van der Waals surface area contributed by atoms with E-state index < -0.39 is 5.91 Å². The van der Waals surface area contributed by atoms with Crippen LogP contribution in [0.3, 0.4) is 0 Å². The first-order valence-electron chi connectivity index (χ1n) is 11.0. The zero-order valence-corrected chi connectivity index (χ0v) is 20.5. The van der Waals surface area contributed by atoms with E-state index >= 15 is 0 Å². The SMILES string of the molecule is C[C@@H](NC(=O)/C(C#N)=C\c1cc(Cl)c(OCc2cccc3ccccc23)c(Cl)c1)c1ccccc1. The van der Waals surface area contributed by atoms with Crippen molar-refractivity contribution in [1.82, 2.24) is 5.32 Å². The molecule has 0 fully saturated rings. The second-order valence-corrected chi connectivity index (χ2v) is 8.83. The van der Waals surface area contributed by atoms with Gasteiger partial charge < -0.3 is 10.1 Å². The molecule has 0 aliphatic carbocycles. The van der Waals surface area contributed by atoms with E-state index in [-0.39, 0.29) is 11.6 Å². The largest absolute Gasteiger partial charge is 0.486 e. The molecule has 4 nitrogen and oxygen atoms in total. The van der Waals surface area contributed by atoms with Crippen LogP contribution in [0.5, 0.6) is 5.75 Å². The molecule has 1 amide bonds. The van der Waals surface area contributed by atoms with Crippen LogP contribution in [0, 0.1) is 11.3 Å². The first-order valence-corrected chi connectivity index (χ1v) is 11.8. The Kier molecular flexibility index (Phi) is 7.72. The summed E-state index contributed by atoms with van der Waals surface area (Å²) in [6, 6.07) is 28.5. The van der Waals surface area contributed by atoms with Crippen LogP contribution in [-0.4, -0.2) is 5.91 Å². The van der Waals surface area contributed by atoms with Gasteiger partial charge in [-0.05, 0) is 52.6 Å². The van der Waals surface area contributed by atoms with Gasteiger partial charge in [0.25, 0.3) is 5.91 Å². The van der Waals surface area contributed by atoms with Crippen molar-refractivity contribution in [2.75, 3.05) is 0 Å². The van der Waals surface area contributed by atoms with E-state index in [1.54, 1.807) is 12.1 Å². The fourth-order valence-electron chi connectivity index (χ4n) is 3.78. The number of ether oxygens (including phenoxy) is 1. The summed E-state index contributed by atoms with van der Waals surface area (Å²) < 4.78 is 5.97. The monoisotopic (exact) mass is 500 g/mol. The minimum atomic E-state index is -0.479. The zero-order valence-electron chi connectivity index (χ0n) is 19.0. The van der Waals surface area contributed by atoms with Crippen molar-refractivity contribution < 1.29 is 9.53 Å². The Morgan fingerprint density at radius 3 is 2.37 bits per heavy atom. The van der Waals surface area contributed by atoms with Crippen LogP contribution in [0.15, 0.2) is 90.5 Å². The van der Waals surface area contributed by atoms with Crippen LogP contribution in [0.4, 0.5) is 0 Å². The van der Waals surface area contributed by atoms with Gasteiger partial charge in [0.2, 0.25) is 0 Å². The highest BCUT2D eigenvalue weighted by molar-refractivity contribution is 6.37. The predicted octanol–water partition coefficient (Wildman–Crippen LogP) is 7.51. The van der Waals surface area contributed by atoms with Crippen LogP contribution < -0.4 is 10.1 Å². The number of rotatable bonds is 7. The molecule has 0 bridgehead atoms. The summed E-state index contributed by atoms with van der Waals surface area (Å²) in [5.74, 6) is -0.133. The van der Waals surface area contributed by atoms with Crippen LogP contribution in [0.1, 0.15) is 29.7 Å². The molecular weight excluding hydrogens is 479 g/mol. The Morgan fingerprint density at radius 1 is 1.00 bits per heavy atom. The highest BCUT2D eigenvalue weighted by atomic mass is 35.5. The molecule has 6 heteroatoms. The van der Waals surface area contributed by atoms with Crippen molar-refractivity contribution in [3.05, 3.63) is 117 Å². The molecule has 174 valence electrons. The number of fused-ring (bicyclic) bond motifs is 1. The number of carbonyl (C=O) groups is 1. The lowest BCUT2D eigenvalue weighted by atomic mass is 10.1. The summed E-state index contributed by atoms with van der Waals surface area (Å²) in [6.45, 7) is 2.15. The maximum atomic E-state index is 12.7. The molecule has 0 heterocycles. The van der Waals surface area contributed by atoms with Gasteiger partial charge in [0, 0.05) is 0 Å². The van der Waals surface area contributed by atoms with Crippen molar-refractivity contribution >= 4 is 46.0 Å². The van der Waals surface area contributed by atoms with Crippen LogP contribution in [0.25, 0.3) is 16.8 Å². The quantitative estimate of drug-likeness (QED) is 0.211. The van der Waals surface area contributed by atoms with Crippen LogP contribution in [-0.2, 0) is 11.4 Å². The Hall–Kier alpha value is -3.78. The van der Waals surface area contributed by atoms with Crippen LogP contribution in [0.2, 0.25) is 10.0 Å². The molecule has 4 aromatic carbocycles. The second kappa shape index (κ2) is 11.1. The second-order valence-electron chi connectivity index (χ2n) is 8.02. The lowest BCUT2D eigenvalue weighted by molar-refractivity contribution is -0.117. The summed E-state index contributed by atoms with van der Waals surface area (Å²) >= 11 is 12.9. The highest BCUT2D eigenvalue weighted by Crippen LogP contribution is 2.36. The van der Waals surface area contributed by atoms with Gasteiger partial charge in [0.05, 0.1) is 16.1 Å². The lowest BCUT2D eigenvalue weighted by Crippen LogP contribution is -2.27. The molecule has 0 saturated carbocycles. The number of carbonyl (C=O) groups excluding carboxylic acids is 1. The molecule has 0 radical (unpaired) electrons. The van der Waals surface area contributed by atoms with Gasteiger partial charge in [0.15, 0.2) is 5.75 Å². The number of hydrogen-bond acceptors (Lipinski definition) is 3. The van der Waals surface area contributed by atoms with Crippen molar-refractivity contribution in [3.63, 3.8) is 0 Å². The van der Waals surface area contributed by atoms with E-state index in [2.05, 4.69) is 5.32 Å². The fraction of sp³-hybridized carbons (Fsp3) is 0.103. The van der Waals surface area contributed by atoms with Crippen molar-refractivity contribution in [1.29, 1.82) is 5.26 Å². The van der Waals surface area contributed by atoms with E-state index in [1.807, 2.05) is 85.8 Å².